The van der Waals surface area contributed by atoms with E-state index in [0.717, 1.165) is 28.3 Å². The van der Waals surface area contributed by atoms with Gasteiger partial charge in [0.15, 0.2) is 0 Å². The summed E-state index contributed by atoms with van der Waals surface area (Å²) in [5.41, 5.74) is 1.12. The van der Waals surface area contributed by atoms with Crippen LogP contribution in [0.3, 0.4) is 0 Å². The minimum atomic E-state index is 0.202. The third-order valence-corrected chi connectivity index (χ3v) is 4.02. The van der Waals surface area contributed by atoms with E-state index in [0.29, 0.717) is 12.0 Å². The second-order valence-corrected chi connectivity index (χ2v) is 6.39. The number of rotatable bonds is 7. The molecule has 0 saturated heterocycles. The number of halogens is 2. The molecular weight excluding hydrogens is 326 g/mol. The van der Waals surface area contributed by atoms with Crippen LogP contribution >= 0.6 is 27.5 Å². The maximum Gasteiger partial charge on any atom is 0.0622 e. The molecule has 0 radical (unpaired) electrons. The predicted molar refractivity (Wildman–Crippen MR) is 85.8 cm³/mol. The lowest BCUT2D eigenvalue weighted by atomic mass is 10.0. The smallest absolute Gasteiger partial charge is 0.0622 e. The summed E-state index contributed by atoms with van der Waals surface area (Å²) in [4.78, 5) is 0. The highest BCUT2D eigenvalue weighted by Crippen LogP contribution is 2.27. The lowest BCUT2D eigenvalue weighted by Gasteiger charge is -2.27. The second kappa shape index (κ2) is 8.25. The standard InChI is InChI=1S/C15H23BrClNO/c1-5-19-9-15(10(2)3)18-11(4)13-7-6-12(16)8-14(13)17/h6-8,10-11,15,18H,5,9H2,1-4H3. The average molecular weight is 349 g/mol. The fraction of sp³-hybridized carbons (Fsp3) is 0.600. The van der Waals surface area contributed by atoms with Gasteiger partial charge in [-0.3, -0.25) is 0 Å². The molecule has 0 saturated carbocycles. The van der Waals surface area contributed by atoms with Crippen LogP contribution in [0.15, 0.2) is 22.7 Å². The van der Waals surface area contributed by atoms with Gasteiger partial charge in [-0.25, -0.2) is 0 Å². The SMILES string of the molecule is CCOCC(NC(C)c1ccc(Br)cc1Cl)C(C)C. The zero-order valence-electron chi connectivity index (χ0n) is 12.0. The molecule has 0 aromatic heterocycles. The highest BCUT2D eigenvalue weighted by molar-refractivity contribution is 9.10. The molecule has 1 rings (SSSR count). The van der Waals surface area contributed by atoms with Gasteiger partial charge in [-0.05, 0) is 37.5 Å². The monoisotopic (exact) mass is 347 g/mol. The summed E-state index contributed by atoms with van der Waals surface area (Å²) < 4.78 is 6.54. The minimum Gasteiger partial charge on any atom is -0.380 e. The van der Waals surface area contributed by atoms with E-state index in [1.165, 1.54) is 0 Å². The normalized spacial score (nSPS) is 14.7. The van der Waals surface area contributed by atoms with Crippen LogP contribution in [0, 0.1) is 5.92 Å². The summed E-state index contributed by atoms with van der Waals surface area (Å²) in [5.74, 6) is 0.517. The van der Waals surface area contributed by atoms with Crippen molar-refractivity contribution in [1.29, 1.82) is 0 Å². The highest BCUT2D eigenvalue weighted by Gasteiger charge is 2.18. The summed E-state index contributed by atoms with van der Waals surface area (Å²) >= 11 is 9.72. The molecule has 2 nitrogen and oxygen atoms in total. The molecule has 2 atom stereocenters. The number of hydrogen-bond acceptors (Lipinski definition) is 2. The predicted octanol–water partition coefficient (Wildman–Crippen LogP) is 4.81. The van der Waals surface area contributed by atoms with E-state index < -0.39 is 0 Å². The van der Waals surface area contributed by atoms with Crippen LogP contribution in [0.1, 0.15) is 39.3 Å². The Balaban J connectivity index is 2.72. The van der Waals surface area contributed by atoms with Gasteiger partial charge in [-0.15, -0.1) is 0 Å². The summed E-state index contributed by atoms with van der Waals surface area (Å²) in [6.45, 7) is 10.0. The van der Waals surface area contributed by atoms with Gasteiger partial charge in [0, 0.05) is 28.2 Å². The fourth-order valence-corrected chi connectivity index (χ4v) is 2.78. The van der Waals surface area contributed by atoms with Gasteiger partial charge < -0.3 is 10.1 Å². The van der Waals surface area contributed by atoms with Gasteiger partial charge in [0.1, 0.15) is 0 Å². The first-order valence-corrected chi connectivity index (χ1v) is 7.91. The van der Waals surface area contributed by atoms with Crippen LogP contribution in [0.25, 0.3) is 0 Å². The Morgan fingerprint density at radius 3 is 2.53 bits per heavy atom. The van der Waals surface area contributed by atoms with E-state index in [-0.39, 0.29) is 6.04 Å². The van der Waals surface area contributed by atoms with Crippen LogP contribution in [0.4, 0.5) is 0 Å². The van der Waals surface area contributed by atoms with Crippen LogP contribution in [-0.2, 0) is 4.74 Å². The van der Waals surface area contributed by atoms with Crippen molar-refractivity contribution in [3.63, 3.8) is 0 Å². The largest absolute Gasteiger partial charge is 0.380 e. The van der Waals surface area contributed by atoms with Crippen molar-refractivity contribution in [3.8, 4) is 0 Å². The van der Waals surface area contributed by atoms with Crippen molar-refractivity contribution >= 4 is 27.5 Å². The topological polar surface area (TPSA) is 21.3 Å². The van der Waals surface area contributed by atoms with E-state index in [9.17, 15) is 0 Å². The Bertz CT molecular complexity index is 398. The molecular formula is C15H23BrClNO. The molecule has 1 aromatic rings. The van der Waals surface area contributed by atoms with Crippen molar-refractivity contribution < 1.29 is 4.74 Å². The maximum absolute atomic E-state index is 6.29. The van der Waals surface area contributed by atoms with Gasteiger partial charge in [-0.2, -0.15) is 0 Å². The molecule has 108 valence electrons. The first-order valence-electron chi connectivity index (χ1n) is 6.74. The Labute approximate surface area is 130 Å². The molecule has 0 spiro atoms. The van der Waals surface area contributed by atoms with E-state index in [1.807, 2.05) is 19.1 Å². The molecule has 1 N–H and O–H groups in total. The van der Waals surface area contributed by atoms with E-state index in [1.54, 1.807) is 0 Å². The van der Waals surface area contributed by atoms with E-state index >= 15 is 0 Å². The highest BCUT2D eigenvalue weighted by atomic mass is 79.9. The summed E-state index contributed by atoms with van der Waals surface area (Å²) in [6, 6.07) is 6.54. The van der Waals surface area contributed by atoms with Gasteiger partial charge in [0.05, 0.1) is 6.61 Å². The Kier molecular flexibility index (Phi) is 7.37. The van der Waals surface area contributed by atoms with Gasteiger partial charge in [0.2, 0.25) is 0 Å². The van der Waals surface area contributed by atoms with Crippen molar-refractivity contribution in [1.82, 2.24) is 5.32 Å². The molecule has 0 heterocycles. The van der Waals surface area contributed by atoms with Crippen LogP contribution in [-0.4, -0.2) is 19.3 Å². The van der Waals surface area contributed by atoms with E-state index in [4.69, 9.17) is 16.3 Å². The van der Waals surface area contributed by atoms with Crippen molar-refractivity contribution in [2.75, 3.05) is 13.2 Å². The fourth-order valence-electron chi connectivity index (χ4n) is 1.94. The van der Waals surface area contributed by atoms with Crippen LogP contribution in [0.5, 0.6) is 0 Å². The molecule has 0 bridgehead atoms. The van der Waals surface area contributed by atoms with E-state index in [2.05, 4.69) is 48.1 Å². The van der Waals surface area contributed by atoms with Crippen LogP contribution in [0.2, 0.25) is 5.02 Å². The molecule has 0 fully saturated rings. The van der Waals surface area contributed by atoms with Crippen molar-refractivity contribution in [2.45, 2.75) is 39.8 Å². The van der Waals surface area contributed by atoms with Gasteiger partial charge in [0.25, 0.3) is 0 Å². The van der Waals surface area contributed by atoms with Gasteiger partial charge >= 0.3 is 0 Å². The third-order valence-electron chi connectivity index (χ3n) is 3.20. The van der Waals surface area contributed by atoms with Crippen molar-refractivity contribution in [2.24, 2.45) is 5.92 Å². The first-order chi connectivity index (χ1) is 8.95. The molecule has 4 heteroatoms. The van der Waals surface area contributed by atoms with Gasteiger partial charge in [-0.1, -0.05) is 47.4 Å². The number of benzene rings is 1. The lowest BCUT2D eigenvalue weighted by molar-refractivity contribution is 0.104. The maximum atomic E-state index is 6.29. The molecule has 2 unspecified atom stereocenters. The second-order valence-electron chi connectivity index (χ2n) is 5.06. The molecule has 0 aliphatic rings. The molecule has 0 amide bonds. The average Bonchev–Trinajstić information content (AvgIpc) is 2.33. The molecule has 1 aromatic carbocycles. The Morgan fingerprint density at radius 2 is 2.00 bits per heavy atom. The van der Waals surface area contributed by atoms with Crippen molar-refractivity contribution in [3.05, 3.63) is 33.3 Å². The molecule has 0 aliphatic heterocycles. The summed E-state index contributed by atoms with van der Waals surface area (Å²) in [5, 5.41) is 4.39. The molecule has 19 heavy (non-hydrogen) atoms. The summed E-state index contributed by atoms with van der Waals surface area (Å²) in [6.07, 6.45) is 0. The minimum absolute atomic E-state index is 0.202. The first kappa shape index (κ1) is 17.0. The Morgan fingerprint density at radius 1 is 1.32 bits per heavy atom. The summed E-state index contributed by atoms with van der Waals surface area (Å²) in [7, 11) is 0. The Hall–Kier alpha value is -0.0900. The number of hydrogen-bond donors (Lipinski definition) is 1. The quantitative estimate of drug-likeness (QED) is 0.763. The van der Waals surface area contributed by atoms with Crippen LogP contribution < -0.4 is 5.32 Å². The third kappa shape index (κ3) is 5.42. The zero-order chi connectivity index (χ0) is 14.4. The molecule has 0 aliphatic carbocycles. The number of nitrogens with one attached hydrogen (secondary N) is 1. The number of ether oxygens (including phenoxy) is 1. The zero-order valence-corrected chi connectivity index (χ0v) is 14.4. The lowest BCUT2D eigenvalue weighted by Crippen LogP contribution is -2.39.